The number of carbonyl (C=O) groups is 2. The van der Waals surface area contributed by atoms with Crippen LogP contribution in [0.15, 0.2) is 77.7 Å². The molecule has 0 fully saturated rings. The molecule has 7 nitrogen and oxygen atoms in total. The third-order valence-corrected chi connectivity index (χ3v) is 8.43. The second-order valence-electron chi connectivity index (χ2n) is 9.77. The SMILES string of the molecule is CC[C@@H](C)NC(=O)[C@@H](C)N(Cc1ccccc1F)C(=O)CN(c1cccc(C)c1)S(=O)(=O)c1ccc(C)cc1. The minimum absolute atomic E-state index is 0.0330. The van der Waals surface area contributed by atoms with Crippen molar-refractivity contribution in [1.29, 1.82) is 0 Å². The first-order valence-electron chi connectivity index (χ1n) is 12.9. The summed E-state index contributed by atoms with van der Waals surface area (Å²) in [5.41, 5.74) is 2.24. The van der Waals surface area contributed by atoms with Gasteiger partial charge in [0.2, 0.25) is 11.8 Å². The van der Waals surface area contributed by atoms with Gasteiger partial charge in [-0.15, -0.1) is 0 Å². The summed E-state index contributed by atoms with van der Waals surface area (Å²) in [4.78, 5) is 28.2. The molecule has 0 radical (unpaired) electrons. The Bertz CT molecular complexity index is 1410. The average Bonchev–Trinajstić information content (AvgIpc) is 2.90. The molecule has 0 saturated heterocycles. The molecule has 0 aromatic heterocycles. The standard InChI is InChI=1S/C30H36FN3O4S/c1-6-23(4)32-30(36)24(5)33(19-25-11-7-8-13-28(25)31)29(35)20-34(26-12-9-10-22(3)18-26)39(37,38)27-16-14-21(2)15-17-27/h7-18,23-24H,6,19-20H2,1-5H3,(H,32,36)/t23-,24-/m1/s1. The van der Waals surface area contributed by atoms with Gasteiger partial charge in [-0.05, 0) is 70.0 Å². The van der Waals surface area contributed by atoms with Crippen LogP contribution in [0.3, 0.4) is 0 Å². The lowest BCUT2D eigenvalue weighted by atomic mass is 10.1. The predicted molar refractivity (Wildman–Crippen MR) is 151 cm³/mol. The van der Waals surface area contributed by atoms with Crippen LogP contribution >= 0.6 is 0 Å². The first-order valence-corrected chi connectivity index (χ1v) is 14.4. The van der Waals surface area contributed by atoms with Crippen LogP contribution in [0, 0.1) is 19.7 Å². The Morgan fingerprint density at radius 3 is 2.21 bits per heavy atom. The topological polar surface area (TPSA) is 86.8 Å². The second-order valence-corrected chi connectivity index (χ2v) is 11.6. The second kappa shape index (κ2) is 12.9. The number of aryl methyl sites for hydroxylation is 2. The molecule has 3 aromatic rings. The van der Waals surface area contributed by atoms with Crippen LogP contribution in [0.1, 0.15) is 43.9 Å². The van der Waals surface area contributed by atoms with Crippen molar-refractivity contribution in [2.45, 2.75) is 64.6 Å². The quantitative estimate of drug-likeness (QED) is 0.363. The molecule has 2 atom stereocenters. The molecule has 9 heteroatoms. The number of carbonyl (C=O) groups excluding carboxylic acids is 2. The van der Waals surface area contributed by atoms with Crippen LogP contribution in [0.25, 0.3) is 0 Å². The highest BCUT2D eigenvalue weighted by molar-refractivity contribution is 7.92. The van der Waals surface area contributed by atoms with E-state index in [4.69, 9.17) is 0 Å². The number of amides is 2. The minimum atomic E-state index is -4.15. The lowest BCUT2D eigenvalue weighted by Gasteiger charge is -2.32. The third kappa shape index (κ3) is 7.44. The maximum atomic E-state index is 14.6. The van der Waals surface area contributed by atoms with Crippen LogP contribution in [-0.2, 0) is 26.2 Å². The molecule has 0 bridgehead atoms. The van der Waals surface area contributed by atoms with E-state index < -0.39 is 40.2 Å². The lowest BCUT2D eigenvalue weighted by molar-refractivity contribution is -0.139. The van der Waals surface area contributed by atoms with Crippen LogP contribution < -0.4 is 9.62 Å². The number of hydrogen-bond donors (Lipinski definition) is 1. The number of nitrogens with one attached hydrogen (secondary N) is 1. The summed E-state index contributed by atoms with van der Waals surface area (Å²) in [6.45, 7) is 8.23. The maximum Gasteiger partial charge on any atom is 0.264 e. The van der Waals surface area contributed by atoms with Gasteiger partial charge < -0.3 is 10.2 Å². The van der Waals surface area contributed by atoms with Crippen LogP contribution in [0.5, 0.6) is 0 Å². The van der Waals surface area contributed by atoms with E-state index in [2.05, 4.69) is 5.32 Å². The molecule has 0 aliphatic rings. The van der Waals surface area contributed by atoms with Crippen molar-refractivity contribution in [3.05, 3.63) is 95.3 Å². The van der Waals surface area contributed by atoms with E-state index in [0.29, 0.717) is 12.1 Å². The first-order chi connectivity index (χ1) is 18.4. The molecule has 208 valence electrons. The summed E-state index contributed by atoms with van der Waals surface area (Å²) < 4.78 is 43.3. The van der Waals surface area contributed by atoms with E-state index >= 15 is 0 Å². The Balaban J connectivity index is 2.04. The Kier molecular flexibility index (Phi) is 9.86. The Morgan fingerprint density at radius 1 is 0.923 bits per heavy atom. The molecule has 0 saturated carbocycles. The number of nitrogens with zero attached hydrogens (tertiary/aromatic N) is 2. The van der Waals surface area contributed by atoms with Crippen molar-refractivity contribution in [2.75, 3.05) is 10.8 Å². The van der Waals surface area contributed by atoms with Gasteiger partial charge in [-0.3, -0.25) is 13.9 Å². The molecule has 39 heavy (non-hydrogen) atoms. The van der Waals surface area contributed by atoms with E-state index in [9.17, 15) is 22.4 Å². The van der Waals surface area contributed by atoms with Gasteiger partial charge in [0.15, 0.2) is 0 Å². The van der Waals surface area contributed by atoms with E-state index in [0.717, 1.165) is 15.4 Å². The summed E-state index contributed by atoms with van der Waals surface area (Å²) in [6, 6.07) is 18.1. The van der Waals surface area contributed by atoms with Gasteiger partial charge in [0.25, 0.3) is 10.0 Å². The maximum absolute atomic E-state index is 14.6. The predicted octanol–water partition coefficient (Wildman–Crippen LogP) is 4.97. The Hall–Kier alpha value is -3.72. The van der Waals surface area contributed by atoms with Crippen LogP contribution in [0.4, 0.5) is 10.1 Å². The number of benzene rings is 3. The third-order valence-electron chi connectivity index (χ3n) is 6.64. The Labute approximate surface area is 230 Å². The van der Waals surface area contributed by atoms with Gasteiger partial charge in [-0.2, -0.15) is 0 Å². The van der Waals surface area contributed by atoms with E-state index in [1.807, 2.05) is 33.8 Å². The molecule has 0 spiro atoms. The van der Waals surface area contributed by atoms with Crippen molar-refractivity contribution in [1.82, 2.24) is 10.2 Å². The number of rotatable bonds is 11. The average molecular weight is 554 g/mol. The fraction of sp³-hybridized carbons (Fsp3) is 0.333. The zero-order valence-corrected chi connectivity index (χ0v) is 23.8. The summed E-state index contributed by atoms with van der Waals surface area (Å²) in [6.07, 6.45) is 0.690. The zero-order chi connectivity index (χ0) is 28.7. The van der Waals surface area contributed by atoms with Gasteiger partial charge in [0.1, 0.15) is 18.4 Å². The van der Waals surface area contributed by atoms with E-state index in [-0.39, 0.29) is 23.0 Å². The van der Waals surface area contributed by atoms with E-state index in [1.165, 1.54) is 35.2 Å². The van der Waals surface area contributed by atoms with Crippen LogP contribution in [-0.4, -0.2) is 43.8 Å². The molecule has 3 aromatic carbocycles. The van der Waals surface area contributed by atoms with Crippen molar-refractivity contribution in [3.8, 4) is 0 Å². The number of hydrogen-bond acceptors (Lipinski definition) is 4. The first kappa shape index (κ1) is 29.8. The molecular weight excluding hydrogens is 517 g/mol. The Morgan fingerprint density at radius 2 is 1.59 bits per heavy atom. The molecule has 0 aliphatic heterocycles. The smallest absolute Gasteiger partial charge is 0.264 e. The van der Waals surface area contributed by atoms with Crippen LogP contribution in [0.2, 0.25) is 0 Å². The monoisotopic (exact) mass is 553 g/mol. The molecule has 0 heterocycles. The van der Waals surface area contributed by atoms with Gasteiger partial charge in [-0.25, -0.2) is 12.8 Å². The van der Waals surface area contributed by atoms with Crippen molar-refractivity contribution < 1.29 is 22.4 Å². The summed E-state index contributed by atoms with van der Waals surface area (Å²) in [5.74, 6) is -1.56. The normalized spacial score (nSPS) is 12.9. The lowest BCUT2D eigenvalue weighted by Crippen LogP contribution is -2.52. The zero-order valence-electron chi connectivity index (χ0n) is 23.0. The van der Waals surface area contributed by atoms with Crippen molar-refractivity contribution in [3.63, 3.8) is 0 Å². The van der Waals surface area contributed by atoms with Crippen molar-refractivity contribution in [2.24, 2.45) is 0 Å². The van der Waals surface area contributed by atoms with Crippen molar-refractivity contribution >= 4 is 27.5 Å². The number of halogens is 1. The van der Waals surface area contributed by atoms with E-state index in [1.54, 1.807) is 43.3 Å². The highest BCUT2D eigenvalue weighted by Crippen LogP contribution is 2.26. The number of sulfonamides is 1. The van der Waals surface area contributed by atoms with Gasteiger partial charge in [0.05, 0.1) is 10.6 Å². The van der Waals surface area contributed by atoms with Gasteiger partial charge in [0, 0.05) is 18.2 Å². The minimum Gasteiger partial charge on any atom is -0.352 e. The molecule has 2 amide bonds. The molecule has 0 aliphatic carbocycles. The summed E-state index contributed by atoms with van der Waals surface area (Å²) >= 11 is 0. The molecular formula is C30H36FN3O4S. The number of anilines is 1. The molecule has 3 rings (SSSR count). The summed E-state index contributed by atoms with van der Waals surface area (Å²) in [7, 11) is -4.15. The highest BCUT2D eigenvalue weighted by Gasteiger charge is 2.33. The van der Waals surface area contributed by atoms with Gasteiger partial charge >= 0.3 is 0 Å². The highest BCUT2D eigenvalue weighted by atomic mass is 32.2. The van der Waals surface area contributed by atoms with Gasteiger partial charge in [-0.1, -0.05) is 55.0 Å². The molecule has 1 N–H and O–H groups in total. The fourth-order valence-corrected chi connectivity index (χ4v) is 5.41. The summed E-state index contributed by atoms with van der Waals surface area (Å²) in [5, 5.41) is 2.86. The molecule has 0 unspecified atom stereocenters. The fourth-order valence-electron chi connectivity index (χ4n) is 4.01. The largest absolute Gasteiger partial charge is 0.352 e.